The fourth-order valence-electron chi connectivity index (χ4n) is 3.60. The van der Waals surface area contributed by atoms with Crippen LogP contribution in [0.4, 0.5) is 5.69 Å². The van der Waals surface area contributed by atoms with Crippen LogP contribution in [0.2, 0.25) is 0 Å². The van der Waals surface area contributed by atoms with E-state index in [1.807, 2.05) is 16.8 Å². The molecule has 0 atom stereocenters. The zero-order valence-corrected chi connectivity index (χ0v) is 13.8. The first kappa shape index (κ1) is 14.9. The average Bonchev–Trinajstić information content (AvgIpc) is 3.25. The molecule has 5 nitrogen and oxygen atoms in total. The van der Waals surface area contributed by atoms with Gasteiger partial charge in [0.2, 0.25) is 0 Å². The summed E-state index contributed by atoms with van der Waals surface area (Å²) >= 11 is 0. The van der Waals surface area contributed by atoms with Crippen molar-refractivity contribution in [1.82, 2.24) is 20.2 Å². The van der Waals surface area contributed by atoms with Gasteiger partial charge in [-0.1, -0.05) is 43.2 Å². The maximum Gasteiger partial charge on any atom is 0.181 e. The maximum atomic E-state index is 4.41. The molecule has 1 N–H and O–H groups in total. The summed E-state index contributed by atoms with van der Waals surface area (Å²) in [6.07, 6.45) is 4.43. The average molecular weight is 319 g/mol. The molecule has 1 aliphatic rings. The van der Waals surface area contributed by atoms with Gasteiger partial charge >= 0.3 is 0 Å². The molecule has 0 saturated heterocycles. The number of rotatable bonds is 4. The Balaban J connectivity index is 1.77. The maximum absolute atomic E-state index is 4.41. The van der Waals surface area contributed by atoms with Crippen molar-refractivity contribution in [2.75, 3.05) is 5.32 Å². The zero-order chi connectivity index (χ0) is 16.4. The molecule has 1 saturated carbocycles. The molecule has 5 heteroatoms. The van der Waals surface area contributed by atoms with Crippen LogP contribution in [0.5, 0.6) is 0 Å². The minimum Gasteiger partial charge on any atom is -0.373 e. The predicted octanol–water partition coefficient (Wildman–Crippen LogP) is 3.85. The monoisotopic (exact) mass is 319 g/mol. The van der Waals surface area contributed by atoms with Gasteiger partial charge in [-0.2, -0.15) is 4.68 Å². The van der Waals surface area contributed by atoms with Crippen LogP contribution in [0.1, 0.15) is 37.1 Å². The number of aromatic nitrogens is 4. The molecule has 0 radical (unpaired) electrons. The molecule has 122 valence electrons. The minimum atomic E-state index is -0.214. The van der Waals surface area contributed by atoms with Gasteiger partial charge in [0.15, 0.2) is 5.82 Å². The lowest BCUT2D eigenvalue weighted by molar-refractivity contribution is 0.461. The molecule has 2 aromatic carbocycles. The highest BCUT2D eigenvalue weighted by Crippen LogP contribution is 2.41. The van der Waals surface area contributed by atoms with E-state index in [1.165, 1.54) is 18.4 Å². The van der Waals surface area contributed by atoms with E-state index < -0.39 is 0 Å². The minimum absolute atomic E-state index is 0.214. The Morgan fingerprint density at radius 1 is 1.00 bits per heavy atom. The number of hydrogen-bond donors (Lipinski definition) is 1. The van der Waals surface area contributed by atoms with Crippen LogP contribution in [-0.4, -0.2) is 20.2 Å². The lowest BCUT2D eigenvalue weighted by Crippen LogP contribution is -2.35. The summed E-state index contributed by atoms with van der Waals surface area (Å²) in [6.45, 7) is 2.08. The number of hydrogen-bond acceptors (Lipinski definition) is 4. The summed E-state index contributed by atoms with van der Waals surface area (Å²) in [5.74, 6) is 0.898. The van der Waals surface area contributed by atoms with Crippen LogP contribution in [0.3, 0.4) is 0 Å². The van der Waals surface area contributed by atoms with E-state index in [-0.39, 0.29) is 5.54 Å². The highest BCUT2D eigenvalue weighted by molar-refractivity contribution is 5.47. The number of aryl methyl sites for hydroxylation is 1. The van der Waals surface area contributed by atoms with Crippen LogP contribution < -0.4 is 5.32 Å². The number of para-hydroxylation sites is 1. The first-order valence-electron chi connectivity index (χ1n) is 8.46. The van der Waals surface area contributed by atoms with Crippen molar-refractivity contribution in [2.24, 2.45) is 0 Å². The van der Waals surface area contributed by atoms with Crippen LogP contribution in [0.25, 0.3) is 5.69 Å². The third-order valence-electron chi connectivity index (χ3n) is 4.76. The van der Waals surface area contributed by atoms with Crippen molar-refractivity contribution in [1.29, 1.82) is 0 Å². The molecular weight excluding hydrogens is 298 g/mol. The Hall–Kier alpha value is -2.69. The van der Waals surface area contributed by atoms with Crippen molar-refractivity contribution < 1.29 is 0 Å². The highest BCUT2D eigenvalue weighted by atomic mass is 15.6. The van der Waals surface area contributed by atoms with Gasteiger partial charge in [-0.3, -0.25) is 0 Å². The van der Waals surface area contributed by atoms with Crippen molar-refractivity contribution >= 4 is 5.69 Å². The highest BCUT2D eigenvalue weighted by Gasteiger charge is 2.40. The van der Waals surface area contributed by atoms with E-state index in [9.17, 15) is 0 Å². The lowest BCUT2D eigenvalue weighted by atomic mass is 9.95. The largest absolute Gasteiger partial charge is 0.373 e. The SMILES string of the molecule is Cc1cccc(-n2nnnc2C2(Nc3ccccc3)CCCC2)c1. The predicted molar refractivity (Wildman–Crippen MR) is 94.1 cm³/mol. The normalized spacial score (nSPS) is 16.2. The van der Waals surface area contributed by atoms with Gasteiger partial charge in [0, 0.05) is 5.69 Å². The Morgan fingerprint density at radius 2 is 1.79 bits per heavy atom. The summed E-state index contributed by atoms with van der Waals surface area (Å²) < 4.78 is 1.88. The Labute approximate surface area is 141 Å². The van der Waals surface area contributed by atoms with Gasteiger partial charge in [-0.15, -0.1) is 5.10 Å². The number of tetrazole rings is 1. The van der Waals surface area contributed by atoms with Gasteiger partial charge in [0.05, 0.1) is 11.2 Å². The number of nitrogens with zero attached hydrogens (tertiary/aromatic N) is 4. The number of anilines is 1. The molecule has 1 fully saturated rings. The van der Waals surface area contributed by atoms with E-state index >= 15 is 0 Å². The molecular formula is C19H21N5. The van der Waals surface area contributed by atoms with E-state index in [4.69, 9.17) is 0 Å². The summed E-state index contributed by atoms with van der Waals surface area (Å²) in [5, 5.41) is 16.4. The fraction of sp³-hybridized carbons (Fsp3) is 0.316. The zero-order valence-electron chi connectivity index (χ0n) is 13.8. The quantitative estimate of drug-likeness (QED) is 0.793. The van der Waals surface area contributed by atoms with Crippen LogP contribution in [0.15, 0.2) is 54.6 Å². The molecule has 4 rings (SSSR count). The third-order valence-corrected chi connectivity index (χ3v) is 4.76. The topological polar surface area (TPSA) is 55.6 Å². The summed E-state index contributed by atoms with van der Waals surface area (Å²) in [7, 11) is 0. The van der Waals surface area contributed by atoms with Crippen LogP contribution >= 0.6 is 0 Å². The molecule has 1 aromatic heterocycles. The van der Waals surface area contributed by atoms with Gasteiger partial charge in [0.1, 0.15) is 0 Å². The molecule has 1 aliphatic carbocycles. The van der Waals surface area contributed by atoms with E-state index in [2.05, 4.69) is 70.2 Å². The van der Waals surface area contributed by atoms with E-state index in [0.717, 1.165) is 30.0 Å². The first-order chi connectivity index (χ1) is 11.8. The molecule has 0 amide bonds. The molecule has 3 aromatic rings. The van der Waals surface area contributed by atoms with E-state index in [0.29, 0.717) is 0 Å². The van der Waals surface area contributed by atoms with E-state index in [1.54, 1.807) is 0 Å². The number of nitrogens with one attached hydrogen (secondary N) is 1. The Morgan fingerprint density at radius 3 is 2.54 bits per heavy atom. The van der Waals surface area contributed by atoms with Crippen LogP contribution in [-0.2, 0) is 5.54 Å². The smallest absolute Gasteiger partial charge is 0.181 e. The van der Waals surface area contributed by atoms with Gasteiger partial charge in [-0.25, -0.2) is 0 Å². The summed E-state index contributed by atoms with van der Waals surface area (Å²) in [5.41, 5.74) is 3.11. The summed E-state index contributed by atoms with van der Waals surface area (Å²) in [4.78, 5) is 0. The molecule has 0 aliphatic heterocycles. The molecule has 0 bridgehead atoms. The van der Waals surface area contributed by atoms with Crippen LogP contribution in [0, 0.1) is 6.92 Å². The van der Waals surface area contributed by atoms with Crippen molar-refractivity contribution in [2.45, 2.75) is 38.1 Å². The molecule has 24 heavy (non-hydrogen) atoms. The van der Waals surface area contributed by atoms with Crippen molar-refractivity contribution in [3.05, 3.63) is 66.0 Å². The third kappa shape index (κ3) is 2.66. The fourth-order valence-corrected chi connectivity index (χ4v) is 3.60. The summed E-state index contributed by atoms with van der Waals surface area (Å²) in [6, 6.07) is 18.6. The van der Waals surface area contributed by atoms with Gasteiger partial charge in [0.25, 0.3) is 0 Å². The Kier molecular flexibility index (Phi) is 3.76. The van der Waals surface area contributed by atoms with Crippen molar-refractivity contribution in [3.63, 3.8) is 0 Å². The second-order valence-corrected chi connectivity index (χ2v) is 6.53. The second-order valence-electron chi connectivity index (χ2n) is 6.53. The second kappa shape index (κ2) is 6.07. The van der Waals surface area contributed by atoms with Gasteiger partial charge < -0.3 is 5.32 Å². The number of benzene rings is 2. The standard InChI is InChI=1S/C19H21N5/c1-15-8-7-11-17(14-15)24-18(21-22-23-24)19(12-5-6-13-19)20-16-9-3-2-4-10-16/h2-4,7-11,14,20H,5-6,12-13H2,1H3. The lowest BCUT2D eigenvalue weighted by Gasteiger charge is -2.30. The molecule has 0 unspecified atom stereocenters. The molecule has 0 spiro atoms. The Bertz CT molecular complexity index is 819. The first-order valence-corrected chi connectivity index (χ1v) is 8.46. The van der Waals surface area contributed by atoms with Gasteiger partial charge in [-0.05, 0) is 60.0 Å². The van der Waals surface area contributed by atoms with Crippen molar-refractivity contribution in [3.8, 4) is 5.69 Å². The molecule has 1 heterocycles.